The number of carbonyl (C=O) groups is 2. The van der Waals surface area contributed by atoms with Crippen molar-refractivity contribution in [2.75, 3.05) is 13.1 Å². The van der Waals surface area contributed by atoms with E-state index in [-0.39, 0.29) is 12.5 Å². The number of carbonyl (C=O) groups excluding carboxylic acids is 1. The van der Waals surface area contributed by atoms with Crippen molar-refractivity contribution in [1.29, 1.82) is 0 Å². The molecule has 0 aliphatic carbocycles. The molecule has 1 amide bonds. The van der Waals surface area contributed by atoms with Gasteiger partial charge in [-0.25, -0.2) is 4.79 Å². The minimum absolute atomic E-state index is 0.180. The van der Waals surface area contributed by atoms with Crippen molar-refractivity contribution in [1.82, 2.24) is 4.90 Å². The van der Waals surface area contributed by atoms with Gasteiger partial charge in [-0.05, 0) is 55.0 Å². The number of amides is 1. The minimum Gasteiger partial charge on any atom is -0.481 e. The molecule has 6 heteroatoms. The average molecular weight is 417 g/mol. The minimum atomic E-state index is -0.879. The molecule has 0 bridgehead atoms. The Morgan fingerprint density at radius 1 is 1.27 bits per heavy atom. The van der Waals surface area contributed by atoms with Crippen LogP contribution in [0.25, 0.3) is 0 Å². The molecule has 5 nitrogen and oxygen atoms in total. The predicted octanol–water partition coefficient (Wildman–Crippen LogP) is 3.33. The van der Waals surface area contributed by atoms with Gasteiger partial charge < -0.3 is 14.7 Å². The number of halogens is 1. The number of likely N-dealkylation sites (tertiary alicyclic amines) is 1. The van der Waals surface area contributed by atoms with Crippen LogP contribution in [0.1, 0.15) is 32.3 Å². The van der Waals surface area contributed by atoms with Crippen molar-refractivity contribution < 1.29 is 19.4 Å². The fraction of sp³-hybridized carbons (Fsp3) is 0.500. The van der Waals surface area contributed by atoms with Crippen LogP contribution < -0.4 is 0 Å². The van der Waals surface area contributed by atoms with Crippen molar-refractivity contribution in [3.05, 3.63) is 33.4 Å². The maximum absolute atomic E-state index is 12.2. The van der Waals surface area contributed by atoms with E-state index in [0.717, 1.165) is 9.13 Å². The van der Waals surface area contributed by atoms with E-state index in [1.54, 1.807) is 20.8 Å². The number of hydrogen-bond donors (Lipinski definition) is 1. The standard InChI is InChI=1S/C16H20INO4/c1-16(2,3)22-15(21)18-8-11(12(9-18)14(19)20)10-6-4-5-7-13(10)17/h4-7,11-12H,8-9H2,1-3H3,(H,19,20)/t11-,12+/m1/s1. The highest BCUT2D eigenvalue weighted by Crippen LogP contribution is 2.35. The Morgan fingerprint density at radius 3 is 2.45 bits per heavy atom. The number of hydrogen-bond acceptors (Lipinski definition) is 3. The average Bonchev–Trinajstić information content (AvgIpc) is 2.82. The summed E-state index contributed by atoms with van der Waals surface area (Å²) in [5.74, 6) is -1.70. The molecule has 0 unspecified atom stereocenters. The summed E-state index contributed by atoms with van der Waals surface area (Å²) in [6.45, 7) is 5.94. The van der Waals surface area contributed by atoms with E-state index in [1.807, 2.05) is 24.3 Å². The van der Waals surface area contributed by atoms with Crippen LogP contribution in [0, 0.1) is 9.49 Å². The first-order chi connectivity index (χ1) is 10.2. The summed E-state index contributed by atoms with van der Waals surface area (Å²) in [6.07, 6.45) is -0.452. The summed E-state index contributed by atoms with van der Waals surface area (Å²) < 4.78 is 6.37. The SMILES string of the molecule is CC(C)(C)OC(=O)N1C[C@H](C(=O)O)[C@@H](c2ccccc2I)C1. The van der Waals surface area contributed by atoms with Gasteiger partial charge in [0.1, 0.15) is 5.60 Å². The van der Waals surface area contributed by atoms with E-state index < -0.39 is 23.6 Å². The summed E-state index contributed by atoms with van der Waals surface area (Å²) in [4.78, 5) is 25.3. The molecule has 1 aliphatic heterocycles. The predicted molar refractivity (Wildman–Crippen MR) is 90.8 cm³/mol. The van der Waals surface area contributed by atoms with Crippen LogP contribution in [0.5, 0.6) is 0 Å². The lowest BCUT2D eigenvalue weighted by atomic mass is 9.89. The molecule has 1 heterocycles. The second-order valence-electron chi connectivity index (χ2n) is 6.46. The second kappa shape index (κ2) is 6.44. The topological polar surface area (TPSA) is 66.8 Å². The highest BCUT2D eigenvalue weighted by Gasteiger charge is 2.42. The molecule has 1 aromatic rings. The summed E-state index contributed by atoms with van der Waals surface area (Å²) >= 11 is 2.20. The zero-order chi connectivity index (χ0) is 16.5. The molecular formula is C16H20INO4. The molecule has 1 N–H and O–H groups in total. The van der Waals surface area contributed by atoms with Crippen molar-refractivity contribution in [2.45, 2.75) is 32.3 Å². The van der Waals surface area contributed by atoms with Crippen molar-refractivity contribution in [3.8, 4) is 0 Å². The van der Waals surface area contributed by atoms with Crippen LogP contribution in [-0.4, -0.2) is 40.8 Å². The van der Waals surface area contributed by atoms with Gasteiger partial charge in [0.2, 0.25) is 0 Å². The highest BCUT2D eigenvalue weighted by atomic mass is 127. The number of nitrogens with zero attached hydrogens (tertiary/aromatic N) is 1. The maximum Gasteiger partial charge on any atom is 0.410 e. The van der Waals surface area contributed by atoms with Crippen LogP contribution >= 0.6 is 22.6 Å². The Balaban J connectivity index is 2.22. The smallest absolute Gasteiger partial charge is 0.410 e. The zero-order valence-corrected chi connectivity index (χ0v) is 15.0. The molecule has 0 spiro atoms. The largest absolute Gasteiger partial charge is 0.481 e. The van der Waals surface area contributed by atoms with Crippen LogP contribution in [0.3, 0.4) is 0 Å². The number of ether oxygens (including phenoxy) is 1. The molecule has 1 aliphatic rings. The van der Waals surface area contributed by atoms with Crippen molar-refractivity contribution in [2.24, 2.45) is 5.92 Å². The van der Waals surface area contributed by atoms with Gasteiger partial charge >= 0.3 is 12.1 Å². The van der Waals surface area contributed by atoms with Gasteiger partial charge in [0.15, 0.2) is 0 Å². The van der Waals surface area contributed by atoms with E-state index in [2.05, 4.69) is 22.6 Å². The maximum atomic E-state index is 12.2. The van der Waals surface area contributed by atoms with Crippen LogP contribution in [0.2, 0.25) is 0 Å². The van der Waals surface area contributed by atoms with E-state index >= 15 is 0 Å². The van der Waals surface area contributed by atoms with Gasteiger partial charge in [-0.3, -0.25) is 4.79 Å². The molecular weight excluding hydrogens is 397 g/mol. The van der Waals surface area contributed by atoms with Crippen LogP contribution in [0.4, 0.5) is 4.79 Å². The first-order valence-corrected chi connectivity index (χ1v) is 8.22. The molecule has 0 aromatic heterocycles. The molecule has 0 radical (unpaired) electrons. The molecule has 1 aromatic carbocycles. The third kappa shape index (κ3) is 3.91. The second-order valence-corrected chi connectivity index (χ2v) is 7.62. The molecule has 2 atom stereocenters. The first-order valence-electron chi connectivity index (χ1n) is 7.14. The fourth-order valence-corrected chi connectivity index (χ4v) is 3.41. The third-order valence-electron chi connectivity index (χ3n) is 3.59. The summed E-state index contributed by atoms with van der Waals surface area (Å²) in [5.41, 5.74) is 0.385. The lowest BCUT2D eigenvalue weighted by molar-refractivity contribution is -0.141. The zero-order valence-electron chi connectivity index (χ0n) is 12.9. The van der Waals surface area contributed by atoms with Gasteiger partial charge in [-0.1, -0.05) is 18.2 Å². The van der Waals surface area contributed by atoms with Crippen LogP contribution in [-0.2, 0) is 9.53 Å². The Bertz CT molecular complexity index is 582. The summed E-state index contributed by atoms with van der Waals surface area (Å²) in [5, 5.41) is 9.49. The summed E-state index contributed by atoms with van der Waals surface area (Å²) in [7, 11) is 0. The number of rotatable bonds is 2. The van der Waals surface area contributed by atoms with Gasteiger partial charge in [0.05, 0.1) is 5.92 Å². The van der Waals surface area contributed by atoms with Gasteiger partial charge in [0.25, 0.3) is 0 Å². The molecule has 120 valence electrons. The van der Waals surface area contributed by atoms with Gasteiger partial charge in [-0.15, -0.1) is 0 Å². The number of aliphatic carboxylic acids is 1. The van der Waals surface area contributed by atoms with E-state index in [1.165, 1.54) is 4.90 Å². The van der Waals surface area contributed by atoms with Gasteiger partial charge in [-0.2, -0.15) is 0 Å². The lowest BCUT2D eigenvalue weighted by Crippen LogP contribution is -2.35. The summed E-state index contributed by atoms with van der Waals surface area (Å²) in [6, 6.07) is 7.69. The normalized spacial score (nSPS) is 21.7. The van der Waals surface area contributed by atoms with E-state index in [9.17, 15) is 14.7 Å². The van der Waals surface area contributed by atoms with Gasteiger partial charge in [0, 0.05) is 22.6 Å². The van der Waals surface area contributed by atoms with E-state index in [0.29, 0.717) is 6.54 Å². The lowest BCUT2D eigenvalue weighted by Gasteiger charge is -2.24. The molecule has 0 saturated carbocycles. The molecule has 22 heavy (non-hydrogen) atoms. The monoisotopic (exact) mass is 417 g/mol. The number of carboxylic acids is 1. The Morgan fingerprint density at radius 2 is 1.91 bits per heavy atom. The molecule has 1 saturated heterocycles. The fourth-order valence-electron chi connectivity index (χ4n) is 2.62. The Hall–Kier alpha value is -1.31. The van der Waals surface area contributed by atoms with Crippen molar-refractivity contribution >= 4 is 34.7 Å². The molecule has 1 fully saturated rings. The molecule has 2 rings (SSSR count). The highest BCUT2D eigenvalue weighted by molar-refractivity contribution is 14.1. The Labute approximate surface area is 143 Å². The van der Waals surface area contributed by atoms with Crippen molar-refractivity contribution in [3.63, 3.8) is 0 Å². The third-order valence-corrected chi connectivity index (χ3v) is 4.58. The quantitative estimate of drug-likeness (QED) is 0.750. The van der Waals surface area contributed by atoms with Crippen LogP contribution in [0.15, 0.2) is 24.3 Å². The number of benzene rings is 1. The first kappa shape index (κ1) is 17.1. The Kier molecular flexibility index (Phi) is 4.99. The number of carboxylic acid groups (broad SMARTS) is 1. The van der Waals surface area contributed by atoms with E-state index in [4.69, 9.17) is 4.74 Å².